The third kappa shape index (κ3) is 5.29. The first kappa shape index (κ1) is 24.3. The van der Waals surface area contributed by atoms with Crippen molar-refractivity contribution < 1.29 is 18.0 Å². The van der Waals surface area contributed by atoms with Crippen LogP contribution < -0.4 is 5.14 Å². The SMILES string of the molecule is CN(O)C(=S)SCc1n[nH]nc1-c1nc(-c2ccc(S(N)(=O)=O)cc2)c(-c2ccc(Cl)cc2)o1. The Balaban J connectivity index is 1.78. The van der Waals surface area contributed by atoms with Gasteiger partial charge >= 0.3 is 0 Å². The quantitative estimate of drug-likeness (QED) is 0.244. The number of hydroxylamine groups is 2. The second-order valence-corrected chi connectivity index (χ2v) is 10.6. The molecule has 0 fully saturated rings. The topological polar surface area (TPSA) is 151 Å². The number of hydrogen-bond acceptors (Lipinski definition) is 9. The lowest BCUT2D eigenvalue weighted by Gasteiger charge is -2.09. The first-order valence-electron chi connectivity index (χ1n) is 9.53. The Morgan fingerprint density at radius 1 is 1.15 bits per heavy atom. The highest BCUT2D eigenvalue weighted by Crippen LogP contribution is 2.37. The lowest BCUT2D eigenvalue weighted by Crippen LogP contribution is -2.17. The lowest BCUT2D eigenvalue weighted by atomic mass is 10.1. The molecule has 0 spiro atoms. The fourth-order valence-corrected chi connectivity index (χ4v) is 4.43. The first-order chi connectivity index (χ1) is 16.1. The molecule has 10 nitrogen and oxygen atoms in total. The number of oxazole rings is 1. The number of sulfonamides is 1. The van der Waals surface area contributed by atoms with Crippen LogP contribution in [0.1, 0.15) is 5.69 Å². The number of nitrogens with two attached hydrogens (primary N) is 1. The number of aromatic nitrogens is 4. The number of primary sulfonamides is 1. The molecule has 0 aliphatic heterocycles. The Morgan fingerprint density at radius 3 is 2.41 bits per heavy atom. The van der Waals surface area contributed by atoms with Gasteiger partial charge in [0.15, 0.2) is 15.8 Å². The van der Waals surface area contributed by atoms with Gasteiger partial charge in [-0.05, 0) is 36.4 Å². The summed E-state index contributed by atoms with van der Waals surface area (Å²) >= 11 is 12.3. The van der Waals surface area contributed by atoms with Crippen LogP contribution in [-0.4, -0.2) is 50.5 Å². The summed E-state index contributed by atoms with van der Waals surface area (Å²) in [5, 5.41) is 26.9. The Kier molecular flexibility index (Phi) is 7.02. The molecule has 176 valence electrons. The van der Waals surface area contributed by atoms with Crippen LogP contribution in [0.2, 0.25) is 5.02 Å². The van der Waals surface area contributed by atoms with Crippen molar-refractivity contribution in [3.05, 3.63) is 59.2 Å². The lowest BCUT2D eigenvalue weighted by molar-refractivity contribution is 0.0205. The largest absolute Gasteiger partial charge is 0.434 e. The van der Waals surface area contributed by atoms with Crippen molar-refractivity contribution in [2.75, 3.05) is 7.05 Å². The van der Waals surface area contributed by atoms with E-state index in [0.717, 1.165) is 5.06 Å². The van der Waals surface area contributed by atoms with Crippen molar-refractivity contribution in [3.63, 3.8) is 0 Å². The van der Waals surface area contributed by atoms with E-state index in [1.807, 2.05) is 0 Å². The van der Waals surface area contributed by atoms with Gasteiger partial charge < -0.3 is 4.42 Å². The molecule has 0 amide bonds. The zero-order valence-corrected chi connectivity index (χ0v) is 20.7. The normalized spacial score (nSPS) is 11.5. The summed E-state index contributed by atoms with van der Waals surface area (Å²) in [4.78, 5) is 4.61. The number of thioether (sulfide) groups is 1. The Labute approximate surface area is 209 Å². The van der Waals surface area contributed by atoms with Gasteiger partial charge in [-0.1, -0.05) is 47.7 Å². The standard InChI is InChI=1S/C20H17ClN6O4S3/c1-27(28)20(32)33-10-15-17(25-26-24-15)19-23-16(11-4-8-14(9-5-11)34(22,29)30)18(31-19)12-2-6-13(21)7-3-12/h2-9,28H,10H2,1H3,(H2,22,29,30)(H,24,25,26). The van der Waals surface area contributed by atoms with Gasteiger partial charge in [-0.2, -0.15) is 15.4 Å². The maximum Gasteiger partial charge on any atom is 0.250 e. The molecular formula is C20H17ClN6O4S3. The van der Waals surface area contributed by atoms with Crippen LogP contribution in [0.4, 0.5) is 0 Å². The zero-order valence-electron chi connectivity index (χ0n) is 17.5. The van der Waals surface area contributed by atoms with E-state index in [1.165, 1.54) is 30.9 Å². The summed E-state index contributed by atoms with van der Waals surface area (Å²) in [5.41, 5.74) is 2.67. The van der Waals surface area contributed by atoms with E-state index >= 15 is 0 Å². The first-order valence-corrected chi connectivity index (χ1v) is 12.8. The fraction of sp³-hybridized carbons (Fsp3) is 0.100. The molecule has 0 saturated heterocycles. The van der Waals surface area contributed by atoms with E-state index in [4.69, 9.17) is 33.4 Å². The zero-order chi connectivity index (χ0) is 24.5. The second kappa shape index (κ2) is 9.82. The number of hydrogen-bond donors (Lipinski definition) is 3. The van der Waals surface area contributed by atoms with E-state index in [0.29, 0.717) is 44.7 Å². The summed E-state index contributed by atoms with van der Waals surface area (Å²) in [6, 6.07) is 13.0. The Morgan fingerprint density at radius 2 is 1.79 bits per heavy atom. The van der Waals surface area contributed by atoms with Crippen LogP contribution >= 0.6 is 35.6 Å². The average Bonchev–Trinajstić information content (AvgIpc) is 3.44. The van der Waals surface area contributed by atoms with Gasteiger partial charge in [0.05, 0.1) is 4.90 Å². The molecule has 34 heavy (non-hydrogen) atoms. The molecule has 0 aliphatic rings. The summed E-state index contributed by atoms with van der Waals surface area (Å²) in [7, 11) is -2.41. The van der Waals surface area contributed by atoms with Gasteiger partial charge in [0, 0.05) is 29.0 Å². The summed E-state index contributed by atoms with van der Waals surface area (Å²) < 4.78 is 29.6. The Bertz CT molecular complexity index is 1430. The number of H-pyrrole nitrogens is 1. The predicted molar refractivity (Wildman–Crippen MR) is 133 cm³/mol. The minimum atomic E-state index is -3.84. The van der Waals surface area contributed by atoms with Gasteiger partial charge in [-0.3, -0.25) is 5.21 Å². The van der Waals surface area contributed by atoms with Gasteiger partial charge in [0.2, 0.25) is 15.9 Å². The smallest absolute Gasteiger partial charge is 0.250 e. The van der Waals surface area contributed by atoms with Crippen molar-refractivity contribution in [2.45, 2.75) is 10.6 Å². The number of thiocarbonyl (C=S) groups is 1. The van der Waals surface area contributed by atoms with E-state index in [-0.39, 0.29) is 15.1 Å². The maximum absolute atomic E-state index is 11.6. The summed E-state index contributed by atoms with van der Waals surface area (Å²) in [6.45, 7) is 0. The number of aromatic amines is 1. The highest BCUT2D eigenvalue weighted by Gasteiger charge is 2.23. The van der Waals surface area contributed by atoms with Crippen LogP contribution in [0.25, 0.3) is 34.2 Å². The third-order valence-corrected chi connectivity index (χ3v) is 7.34. The molecule has 14 heteroatoms. The molecule has 0 aliphatic carbocycles. The minimum Gasteiger partial charge on any atom is -0.434 e. The number of rotatable bonds is 6. The highest BCUT2D eigenvalue weighted by atomic mass is 35.5. The molecule has 2 aromatic heterocycles. The predicted octanol–water partition coefficient (Wildman–Crippen LogP) is 3.93. The van der Waals surface area contributed by atoms with Crippen molar-refractivity contribution >= 4 is 49.9 Å². The van der Waals surface area contributed by atoms with Crippen molar-refractivity contribution in [2.24, 2.45) is 5.14 Å². The Hall–Kier alpha value is -2.81. The molecule has 0 bridgehead atoms. The molecule has 2 heterocycles. The molecule has 2 aromatic carbocycles. The molecule has 0 radical (unpaired) electrons. The van der Waals surface area contributed by atoms with Crippen LogP contribution in [-0.2, 0) is 15.8 Å². The van der Waals surface area contributed by atoms with Gasteiger partial charge in [0.25, 0.3) is 0 Å². The number of nitrogens with one attached hydrogen (secondary N) is 1. The molecule has 4 N–H and O–H groups in total. The van der Waals surface area contributed by atoms with E-state index in [9.17, 15) is 13.6 Å². The molecule has 4 aromatic rings. The number of halogens is 1. The minimum absolute atomic E-state index is 0.0198. The molecule has 0 saturated carbocycles. The highest BCUT2D eigenvalue weighted by molar-refractivity contribution is 8.22. The summed E-state index contributed by atoms with van der Waals surface area (Å²) in [5.74, 6) is 0.942. The van der Waals surface area contributed by atoms with Gasteiger partial charge in [0.1, 0.15) is 11.4 Å². The van der Waals surface area contributed by atoms with Crippen LogP contribution in [0.5, 0.6) is 0 Å². The van der Waals surface area contributed by atoms with Gasteiger partial charge in [-0.25, -0.2) is 23.6 Å². The van der Waals surface area contributed by atoms with E-state index in [1.54, 1.807) is 36.4 Å². The number of benzene rings is 2. The molecule has 0 atom stereocenters. The average molecular weight is 537 g/mol. The molecule has 0 unspecified atom stereocenters. The van der Waals surface area contributed by atoms with E-state index < -0.39 is 10.0 Å². The fourth-order valence-electron chi connectivity index (χ4n) is 2.96. The molecule has 4 rings (SSSR count). The monoisotopic (exact) mass is 536 g/mol. The van der Waals surface area contributed by atoms with E-state index in [2.05, 4.69) is 20.4 Å². The van der Waals surface area contributed by atoms with Gasteiger partial charge in [-0.15, -0.1) is 0 Å². The van der Waals surface area contributed by atoms with Crippen molar-refractivity contribution in [3.8, 4) is 34.2 Å². The van der Waals surface area contributed by atoms with Crippen molar-refractivity contribution in [1.82, 2.24) is 25.5 Å². The summed E-state index contributed by atoms with van der Waals surface area (Å²) in [6.07, 6.45) is 0. The van der Waals surface area contributed by atoms with Crippen LogP contribution in [0.15, 0.2) is 57.8 Å². The maximum atomic E-state index is 11.6. The number of nitrogens with zero attached hydrogens (tertiary/aromatic N) is 4. The van der Waals surface area contributed by atoms with Crippen LogP contribution in [0, 0.1) is 0 Å². The second-order valence-electron chi connectivity index (χ2n) is 6.97. The van der Waals surface area contributed by atoms with Crippen LogP contribution in [0.3, 0.4) is 0 Å². The molecular weight excluding hydrogens is 520 g/mol. The van der Waals surface area contributed by atoms with Crippen molar-refractivity contribution in [1.29, 1.82) is 0 Å². The third-order valence-electron chi connectivity index (χ3n) is 4.61.